The first-order valence-corrected chi connectivity index (χ1v) is 6.68. The van der Waals surface area contributed by atoms with E-state index in [1.165, 1.54) is 38.5 Å². The third kappa shape index (κ3) is 2.73. The molecule has 0 saturated heterocycles. The molecule has 2 unspecified atom stereocenters. The second-order valence-electron chi connectivity index (χ2n) is 5.89. The third-order valence-electron chi connectivity index (χ3n) is 4.30. The van der Waals surface area contributed by atoms with E-state index < -0.39 is 0 Å². The van der Waals surface area contributed by atoms with Gasteiger partial charge in [-0.1, -0.05) is 26.7 Å². The van der Waals surface area contributed by atoms with Crippen molar-refractivity contribution in [1.82, 2.24) is 5.32 Å². The molecule has 0 amide bonds. The van der Waals surface area contributed by atoms with Crippen LogP contribution in [0.5, 0.6) is 0 Å². The molecule has 0 aromatic rings. The Morgan fingerprint density at radius 1 is 1.13 bits per heavy atom. The smallest absolute Gasteiger partial charge is 0.0100 e. The van der Waals surface area contributed by atoms with Gasteiger partial charge >= 0.3 is 0 Å². The van der Waals surface area contributed by atoms with Crippen LogP contribution < -0.4 is 11.1 Å². The summed E-state index contributed by atoms with van der Waals surface area (Å²) in [6.45, 7) is 4.74. The molecule has 3 N–H and O–H groups in total. The predicted octanol–water partition coefficient (Wildman–Crippen LogP) is 2.28. The van der Waals surface area contributed by atoms with Crippen molar-refractivity contribution in [3.05, 3.63) is 0 Å². The molecule has 2 saturated carbocycles. The van der Waals surface area contributed by atoms with Gasteiger partial charge < -0.3 is 11.1 Å². The van der Waals surface area contributed by atoms with E-state index in [0.717, 1.165) is 23.9 Å². The van der Waals surface area contributed by atoms with Crippen molar-refractivity contribution in [2.45, 2.75) is 70.5 Å². The van der Waals surface area contributed by atoms with Gasteiger partial charge in [-0.05, 0) is 37.5 Å². The lowest BCUT2D eigenvalue weighted by Crippen LogP contribution is -2.54. The zero-order valence-corrected chi connectivity index (χ0v) is 10.2. The number of rotatable bonds is 3. The Balaban J connectivity index is 1.82. The van der Waals surface area contributed by atoms with Gasteiger partial charge in [0, 0.05) is 18.1 Å². The molecule has 2 rings (SSSR count). The predicted molar refractivity (Wildman–Crippen MR) is 64.7 cm³/mol. The molecule has 2 nitrogen and oxygen atoms in total. The topological polar surface area (TPSA) is 38.0 Å². The van der Waals surface area contributed by atoms with Gasteiger partial charge in [-0.2, -0.15) is 0 Å². The summed E-state index contributed by atoms with van der Waals surface area (Å²) in [4.78, 5) is 0. The second kappa shape index (κ2) is 4.84. The van der Waals surface area contributed by atoms with E-state index in [9.17, 15) is 0 Å². The van der Waals surface area contributed by atoms with Crippen LogP contribution in [-0.2, 0) is 0 Å². The summed E-state index contributed by atoms with van der Waals surface area (Å²) in [7, 11) is 0. The molecule has 2 fully saturated rings. The van der Waals surface area contributed by atoms with Crippen LogP contribution in [0.2, 0.25) is 0 Å². The molecule has 2 aliphatic rings. The standard InChI is InChI=1S/C13H26N2/c1-9(2)12-5-3-4-6-13(12)15-11-7-10(14)8-11/h9-13,15H,3-8,14H2,1-2H3. The molecule has 2 heteroatoms. The van der Waals surface area contributed by atoms with Gasteiger partial charge in [0.2, 0.25) is 0 Å². The van der Waals surface area contributed by atoms with E-state index in [-0.39, 0.29) is 0 Å². The molecule has 15 heavy (non-hydrogen) atoms. The molecule has 0 aromatic heterocycles. The van der Waals surface area contributed by atoms with Crippen molar-refractivity contribution >= 4 is 0 Å². The highest BCUT2D eigenvalue weighted by atomic mass is 15.0. The Morgan fingerprint density at radius 2 is 1.80 bits per heavy atom. The van der Waals surface area contributed by atoms with E-state index in [1.807, 2.05) is 0 Å². The first kappa shape index (κ1) is 11.4. The highest BCUT2D eigenvalue weighted by molar-refractivity contribution is 4.92. The van der Waals surface area contributed by atoms with E-state index in [4.69, 9.17) is 5.73 Å². The molecule has 2 aliphatic carbocycles. The fourth-order valence-corrected chi connectivity index (χ4v) is 3.27. The number of hydrogen-bond donors (Lipinski definition) is 2. The van der Waals surface area contributed by atoms with E-state index >= 15 is 0 Å². The lowest BCUT2D eigenvalue weighted by atomic mass is 9.76. The Labute approximate surface area is 94.0 Å². The molecular formula is C13H26N2. The SMILES string of the molecule is CC(C)C1CCCCC1NC1CC(N)C1. The van der Waals surface area contributed by atoms with Gasteiger partial charge in [-0.3, -0.25) is 0 Å². The summed E-state index contributed by atoms with van der Waals surface area (Å²) < 4.78 is 0. The Morgan fingerprint density at radius 3 is 2.40 bits per heavy atom. The number of hydrogen-bond acceptors (Lipinski definition) is 2. The first-order valence-electron chi connectivity index (χ1n) is 6.68. The van der Waals surface area contributed by atoms with E-state index in [0.29, 0.717) is 6.04 Å². The van der Waals surface area contributed by atoms with Gasteiger partial charge in [0.15, 0.2) is 0 Å². The van der Waals surface area contributed by atoms with Crippen LogP contribution in [0.3, 0.4) is 0 Å². The van der Waals surface area contributed by atoms with Crippen LogP contribution in [0.4, 0.5) is 0 Å². The maximum Gasteiger partial charge on any atom is 0.0100 e. The van der Waals surface area contributed by atoms with E-state index in [1.54, 1.807) is 0 Å². The summed E-state index contributed by atoms with van der Waals surface area (Å²) in [5.74, 6) is 1.73. The molecule has 0 radical (unpaired) electrons. The normalized spacial score (nSPS) is 41.6. The monoisotopic (exact) mass is 210 g/mol. The lowest BCUT2D eigenvalue weighted by Gasteiger charge is -2.42. The minimum Gasteiger partial charge on any atom is -0.328 e. The van der Waals surface area contributed by atoms with Crippen LogP contribution in [0.25, 0.3) is 0 Å². The minimum atomic E-state index is 0.476. The molecule has 0 spiro atoms. The van der Waals surface area contributed by atoms with Gasteiger partial charge in [-0.15, -0.1) is 0 Å². The van der Waals surface area contributed by atoms with Crippen molar-refractivity contribution < 1.29 is 0 Å². The summed E-state index contributed by atoms with van der Waals surface area (Å²) >= 11 is 0. The summed E-state index contributed by atoms with van der Waals surface area (Å²) in [6.07, 6.45) is 8.05. The maximum absolute atomic E-state index is 5.83. The van der Waals surface area contributed by atoms with Gasteiger partial charge in [-0.25, -0.2) is 0 Å². The van der Waals surface area contributed by atoms with Crippen molar-refractivity contribution in [1.29, 1.82) is 0 Å². The highest BCUT2D eigenvalue weighted by Crippen LogP contribution is 2.32. The Hall–Kier alpha value is -0.0800. The zero-order valence-electron chi connectivity index (χ0n) is 10.2. The lowest BCUT2D eigenvalue weighted by molar-refractivity contribution is 0.161. The average Bonchev–Trinajstić information content (AvgIpc) is 2.16. The fraction of sp³-hybridized carbons (Fsp3) is 1.00. The molecule has 0 bridgehead atoms. The van der Waals surface area contributed by atoms with Gasteiger partial charge in [0.1, 0.15) is 0 Å². The molecule has 88 valence electrons. The second-order valence-corrected chi connectivity index (χ2v) is 5.89. The van der Waals surface area contributed by atoms with Gasteiger partial charge in [0.25, 0.3) is 0 Å². The summed E-state index contributed by atoms with van der Waals surface area (Å²) in [5, 5.41) is 3.84. The van der Waals surface area contributed by atoms with Crippen molar-refractivity contribution in [2.24, 2.45) is 17.6 Å². The van der Waals surface area contributed by atoms with Crippen LogP contribution >= 0.6 is 0 Å². The van der Waals surface area contributed by atoms with Crippen LogP contribution in [0.1, 0.15) is 52.4 Å². The molecule has 0 aromatic carbocycles. The Kier molecular flexibility index (Phi) is 3.68. The van der Waals surface area contributed by atoms with Crippen LogP contribution in [0, 0.1) is 11.8 Å². The molecular weight excluding hydrogens is 184 g/mol. The van der Waals surface area contributed by atoms with E-state index in [2.05, 4.69) is 19.2 Å². The maximum atomic E-state index is 5.83. The zero-order chi connectivity index (χ0) is 10.8. The molecule has 2 atom stereocenters. The first-order chi connectivity index (χ1) is 7.16. The van der Waals surface area contributed by atoms with Crippen molar-refractivity contribution in [2.75, 3.05) is 0 Å². The largest absolute Gasteiger partial charge is 0.328 e. The number of nitrogens with one attached hydrogen (secondary N) is 1. The Bertz CT molecular complexity index is 197. The van der Waals surface area contributed by atoms with Crippen LogP contribution in [0.15, 0.2) is 0 Å². The van der Waals surface area contributed by atoms with Crippen LogP contribution in [-0.4, -0.2) is 18.1 Å². The third-order valence-corrected chi connectivity index (χ3v) is 4.30. The minimum absolute atomic E-state index is 0.476. The molecule has 0 heterocycles. The number of nitrogens with two attached hydrogens (primary N) is 1. The highest BCUT2D eigenvalue weighted by Gasteiger charge is 2.33. The quantitative estimate of drug-likeness (QED) is 0.750. The van der Waals surface area contributed by atoms with Crippen molar-refractivity contribution in [3.8, 4) is 0 Å². The average molecular weight is 210 g/mol. The van der Waals surface area contributed by atoms with Crippen molar-refractivity contribution in [3.63, 3.8) is 0 Å². The fourth-order valence-electron chi connectivity index (χ4n) is 3.27. The summed E-state index contributed by atoms with van der Waals surface area (Å²) in [5.41, 5.74) is 5.83. The summed E-state index contributed by atoms with van der Waals surface area (Å²) in [6, 6.07) is 1.98. The van der Waals surface area contributed by atoms with Gasteiger partial charge in [0.05, 0.1) is 0 Å². The molecule has 0 aliphatic heterocycles.